The molecule has 2 amide bonds. The summed E-state index contributed by atoms with van der Waals surface area (Å²) in [6.07, 6.45) is 0. The van der Waals surface area contributed by atoms with Crippen LogP contribution in [0, 0.1) is 18.6 Å². The fourth-order valence-corrected chi connectivity index (χ4v) is 5.20. The Balaban J connectivity index is 1.56. The number of benzene rings is 2. The molecule has 0 radical (unpaired) electrons. The number of amides is 2. The van der Waals surface area contributed by atoms with Crippen LogP contribution in [0.2, 0.25) is 10.0 Å². The van der Waals surface area contributed by atoms with Crippen LogP contribution in [0.15, 0.2) is 36.4 Å². The highest BCUT2D eigenvalue weighted by atomic mass is 35.5. The number of carbonyl (C=O) groups excluding carboxylic acids is 2. The van der Waals surface area contributed by atoms with Crippen molar-refractivity contribution in [1.29, 1.82) is 0 Å². The first-order valence-corrected chi connectivity index (χ1v) is 13.9. The third-order valence-electron chi connectivity index (χ3n) is 7.66. The second-order valence-electron chi connectivity index (χ2n) is 10.6. The van der Waals surface area contributed by atoms with Crippen LogP contribution >= 0.6 is 23.2 Å². The number of rotatable bonds is 8. The van der Waals surface area contributed by atoms with Gasteiger partial charge in [0.2, 0.25) is 5.91 Å². The third-order valence-corrected chi connectivity index (χ3v) is 8.33. The molecule has 2 aromatic carbocycles. The maximum absolute atomic E-state index is 15.0. The predicted molar refractivity (Wildman–Crippen MR) is 158 cm³/mol. The van der Waals surface area contributed by atoms with Crippen molar-refractivity contribution >= 4 is 45.9 Å². The number of pyridine rings is 2. The molecule has 2 aromatic heterocycles. The summed E-state index contributed by atoms with van der Waals surface area (Å²) in [4.78, 5) is 34.5. The molecule has 0 saturated carbocycles. The lowest BCUT2D eigenvalue weighted by Crippen LogP contribution is -2.44. The molecule has 2 atom stereocenters. The molecule has 0 aliphatic carbocycles. The monoisotopic (exact) mass is 646 g/mol. The fraction of sp³-hybridized carbons (Fsp3) is 0.267. The smallest absolute Gasteiger partial charge is 0.251 e. The maximum atomic E-state index is 15.0. The second kappa shape index (κ2) is 11.4. The van der Waals surface area contributed by atoms with E-state index in [1.165, 1.54) is 32.2 Å². The van der Waals surface area contributed by atoms with Crippen molar-refractivity contribution in [2.24, 2.45) is 5.73 Å². The highest BCUT2D eigenvalue weighted by molar-refractivity contribution is 6.32. The summed E-state index contributed by atoms with van der Waals surface area (Å²) in [7, 11) is 1.42. The van der Waals surface area contributed by atoms with Crippen LogP contribution in [0.1, 0.15) is 34.2 Å². The minimum atomic E-state index is -2.26. The van der Waals surface area contributed by atoms with E-state index in [1.54, 1.807) is 13.0 Å². The molecular formula is C30H26Cl2F2N4O6. The molecule has 3 heterocycles. The zero-order valence-electron chi connectivity index (χ0n) is 23.6. The van der Waals surface area contributed by atoms with Gasteiger partial charge in [0.25, 0.3) is 5.91 Å². The quantitative estimate of drug-likeness (QED) is 0.210. The maximum Gasteiger partial charge on any atom is 0.251 e. The van der Waals surface area contributed by atoms with E-state index in [-0.39, 0.29) is 40.4 Å². The van der Waals surface area contributed by atoms with E-state index in [4.69, 9.17) is 38.4 Å². The second-order valence-corrected chi connectivity index (χ2v) is 11.5. The van der Waals surface area contributed by atoms with Crippen molar-refractivity contribution in [3.8, 4) is 22.8 Å². The fourth-order valence-electron chi connectivity index (χ4n) is 4.88. The van der Waals surface area contributed by atoms with E-state index in [2.05, 4.69) is 15.3 Å². The lowest BCUT2D eigenvalue weighted by molar-refractivity contribution is -0.123. The molecule has 14 heteroatoms. The van der Waals surface area contributed by atoms with E-state index < -0.39 is 52.6 Å². The van der Waals surface area contributed by atoms with Gasteiger partial charge in [-0.15, -0.1) is 0 Å². The summed E-state index contributed by atoms with van der Waals surface area (Å²) in [5.74, 6) is -3.24. The van der Waals surface area contributed by atoms with Crippen molar-refractivity contribution in [3.63, 3.8) is 0 Å². The van der Waals surface area contributed by atoms with Gasteiger partial charge < -0.3 is 30.7 Å². The van der Waals surface area contributed by atoms with Gasteiger partial charge in [0.05, 0.1) is 41.7 Å². The number of aliphatic hydroxyl groups is 2. The number of aryl methyl sites for hydroxylation is 1. The average molecular weight is 647 g/mol. The third kappa shape index (κ3) is 5.28. The minimum absolute atomic E-state index is 0.0354. The summed E-state index contributed by atoms with van der Waals surface area (Å²) in [6.45, 7) is 1.44. The number of methoxy groups -OCH3 is 1. The molecule has 44 heavy (non-hydrogen) atoms. The van der Waals surface area contributed by atoms with Gasteiger partial charge in [0, 0.05) is 28.1 Å². The van der Waals surface area contributed by atoms with Gasteiger partial charge in [-0.05, 0) is 44.2 Å². The van der Waals surface area contributed by atoms with Crippen LogP contribution in [0.5, 0.6) is 11.5 Å². The van der Waals surface area contributed by atoms with Crippen molar-refractivity contribution in [2.75, 3.05) is 26.9 Å². The van der Waals surface area contributed by atoms with Gasteiger partial charge >= 0.3 is 0 Å². The number of nitrogens with zero attached hydrogens (tertiary/aromatic N) is 2. The Bertz CT molecular complexity index is 1860. The van der Waals surface area contributed by atoms with E-state index in [9.17, 15) is 24.2 Å². The Hall–Kier alpha value is -4.10. The molecule has 230 valence electrons. The van der Waals surface area contributed by atoms with Crippen LogP contribution in [0.25, 0.3) is 22.2 Å². The zero-order chi connectivity index (χ0) is 32.1. The highest BCUT2D eigenvalue weighted by Gasteiger charge is 2.46. The Labute approximate surface area is 259 Å². The van der Waals surface area contributed by atoms with E-state index >= 15 is 4.39 Å². The summed E-state index contributed by atoms with van der Waals surface area (Å²) in [6, 6.07) is 7.46. The average Bonchev–Trinajstić information content (AvgIpc) is 3.35. The molecule has 5 N–H and O–H groups in total. The van der Waals surface area contributed by atoms with E-state index in [1.807, 2.05) is 0 Å². The number of hydrogen-bond acceptors (Lipinski definition) is 8. The number of fused-ring (bicyclic) bond motifs is 2. The number of primary amides is 1. The standard InChI is InChI=1S/C30H26Cl2F2N4O6/c1-13-18(31)5-14-4-15(6-22(43-3)24(14)37-13)27(40)36-10-30(42,11-39)23-8-17-26(44-12-29(17,2)28(35)41)25(38-23)16-7-19(32)21(34)9-20(16)33/h4-9,39,42H,10-12H2,1-3H3,(H2,35,41)(H,36,40)/t29-,30+/m0/s1. The first kappa shape index (κ1) is 31.3. The van der Waals surface area contributed by atoms with Crippen molar-refractivity contribution in [2.45, 2.75) is 24.9 Å². The van der Waals surface area contributed by atoms with Gasteiger partial charge in [-0.2, -0.15) is 0 Å². The molecule has 0 spiro atoms. The number of aliphatic hydroxyl groups excluding tert-OH is 1. The van der Waals surface area contributed by atoms with Gasteiger partial charge in [-0.1, -0.05) is 23.2 Å². The molecular weight excluding hydrogens is 621 g/mol. The van der Waals surface area contributed by atoms with E-state index in [0.29, 0.717) is 33.4 Å². The Morgan fingerprint density at radius 1 is 1.14 bits per heavy atom. The van der Waals surface area contributed by atoms with Crippen LogP contribution in [-0.2, 0) is 15.8 Å². The molecule has 10 nitrogen and oxygen atoms in total. The summed E-state index contributed by atoms with van der Waals surface area (Å²) in [5.41, 5.74) is 2.54. The molecule has 0 fully saturated rings. The Morgan fingerprint density at radius 2 is 1.86 bits per heavy atom. The Kier molecular flexibility index (Phi) is 8.14. The highest BCUT2D eigenvalue weighted by Crippen LogP contribution is 2.46. The number of ether oxygens (including phenoxy) is 2. The van der Waals surface area contributed by atoms with Gasteiger partial charge in [0.15, 0.2) is 0 Å². The van der Waals surface area contributed by atoms with Crippen molar-refractivity contribution in [3.05, 3.63) is 80.6 Å². The molecule has 5 rings (SSSR count). The van der Waals surface area contributed by atoms with Gasteiger partial charge in [0.1, 0.15) is 52.0 Å². The molecule has 0 saturated heterocycles. The first-order chi connectivity index (χ1) is 20.7. The number of carbonyl (C=O) groups is 2. The van der Waals surface area contributed by atoms with Crippen LogP contribution in [0.3, 0.4) is 0 Å². The largest absolute Gasteiger partial charge is 0.494 e. The first-order valence-electron chi connectivity index (χ1n) is 13.1. The predicted octanol–water partition coefficient (Wildman–Crippen LogP) is 3.94. The zero-order valence-corrected chi connectivity index (χ0v) is 25.1. The molecule has 1 aliphatic heterocycles. The number of halogens is 4. The number of nitrogens with one attached hydrogen (secondary N) is 1. The van der Waals surface area contributed by atoms with Gasteiger partial charge in [-0.25, -0.2) is 18.7 Å². The Morgan fingerprint density at radius 3 is 2.52 bits per heavy atom. The SMILES string of the molecule is COc1cc(C(=O)NC[C@@](O)(CO)c2cc3c(c(-c4cc(Cl)c(F)cc4F)n2)OC[C@]3(C)C(N)=O)cc2cc(Cl)c(C)nc12. The van der Waals surface area contributed by atoms with Gasteiger partial charge in [-0.3, -0.25) is 9.59 Å². The van der Waals surface area contributed by atoms with Crippen molar-refractivity contribution in [1.82, 2.24) is 15.3 Å². The minimum Gasteiger partial charge on any atom is -0.494 e. The molecule has 0 unspecified atom stereocenters. The normalized spacial score (nSPS) is 17.1. The lowest BCUT2D eigenvalue weighted by atomic mass is 9.82. The topological polar surface area (TPSA) is 157 Å². The van der Waals surface area contributed by atoms with Crippen molar-refractivity contribution < 1.29 is 38.1 Å². The number of aromatic nitrogens is 2. The number of nitrogens with two attached hydrogens (primary N) is 1. The molecule has 0 bridgehead atoms. The van der Waals surface area contributed by atoms with Crippen LogP contribution < -0.4 is 20.5 Å². The summed E-state index contributed by atoms with van der Waals surface area (Å²) in [5, 5.41) is 25.0. The number of hydrogen-bond donors (Lipinski definition) is 4. The molecule has 4 aromatic rings. The molecule has 1 aliphatic rings. The summed E-state index contributed by atoms with van der Waals surface area (Å²) < 4.78 is 40.1. The summed E-state index contributed by atoms with van der Waals surface area (Å²) >= 11 is 12.2. The van der Waals surface area contributed by atoms with Crippen LogP contribution in [-0.4, -0.2) is 58.9 Å². The lowest BCUT2D eigenvalue weighted by Gasteiger charge is -2.28. The van der Waals surface area contributed by atoms with E-state index in [0.717, 1.165) is 6.07 Å². The van der Waals surface area contributed by atoms with Crippen LogP contribution in [0.4, 0.5) is 8.78 Å².